The number of nitrogens with zero attached hydrogens (tertiary/aromatic N) is 2. The Balaban J connectivity index is 2.30. The lowest BCUT2D eigenvalue weighted by Gasteiger charge is -2.31. The minimum Gasteiger partial charge on any atom is -0.480 e. The van der Waals surface area contributed by atoms with Crippen molar-refractivity contribution >= 4 is 47.0 Å². The molecule has 0 spiro atoms. The third kappa shape index (κ3) is 4.10. The second-order valence-corrected chi connectivity index (χ2v) is 6.28. The smallest absolute Gasteiger partial charge is 0.328 e. The van der Waals surface area contributed by atoms with Crippen LogP contribution in [0.25, 0.3) is 0 Å². The number of aliphatic imine (C=N–C) groups is 1. The fourth-order valence-corrected chi connectivity index (χ4v) is 2.71. The molecule has 0 bridgehead atoms. The van der Waals surface area contributed by atoms with Crippen LogP contribution in [0.5, 0.6) is 0 Å². The lowest BCUT2D eigenvalue weighted by atomic mass is 9.99. The molecule has 1 saturated heterocycles. The van der Waals surface area contributed by atoms with Gasteiger partial charge in [0.05, 0.1) is 5.69 Å². The summed E-state index contributed by atoms with van der Waals surface area (Å²) >= 11 is 5.03. The summed E-state index contributed by atoms with van der Waals surface area (Å²) in [6, 6.07) is 3.96. The molecule has 1 fully saturated rings. The molecule has 1 aromatic rings. The number of aliphatic carboxylic acids is 1. The van der Waals surface area contributed by atoms with Crippen molar-refractivity contribution in [1.82, 2.24) is 5.32 Å². The largest absolute Gasteiger partial charge is 0.480 e. The predicted molar refractivity (Wildman–Crippen MR) is 97.5 cm³/mol. The van der Waals surface area contributed by atoms with E-state index in [0.29, 0.717) is 6.42 Å². The molecule has 26 heavy (non-hydrogen) atoms. The van der Waals surface area contributed by atoms with Crippen LogP contribution < -0.4 is 10.2 Å². The Morgan fingerprint density at radius 1 is 1.42 bits per heavy atom. The molecular formula is C17H18FN3O4S. The maximum Gasteiger partial charge on any atom is 0.328 e. The van der Waals surface area contributed by atoms with Gasteiger partial charge in [0.25, 0.3) is 5.91 Å². The van der Waals surface area contributed by atoms with E-state index in [1.807, 2.05) is 6.92 Å². The molecule has 2 rings (SSSR count). The number of carboxylic acids is 1. The molecule has 7 nitrogen and oxygen atoms in total. The number of benzene rings is 1. The molecule has 1 unspecified atom stereocenters. The zero-order valence-electron chi connectivity index (χ0n) is 14.2. The Bertz CT molecular complexity index is 766. The van der Waals surface area contributed by atoms with Gasteiger partial charge in [0.1, 0.15) is 11.9 Å². The zero-order chi connectivity index (χ0) is 19.4. The highest BCUT2D eigenvalue weighted by Gasteiger charge is 2.38. The van der Waals surface area contributed by atoms with Crippen molar-refractivity contribution in [1.29, 1.82) is 0 Å². The highest BCUT2D eigenvalue weighted by molar-refractivity contribution is 7.80. The van der Waals surface area contributed by atoms with Crippen molar-refractivity contribution in [2.45, 2.75) is 26.3 Å². The van der Waals surface area contributed by atoms with Gasteiger partial charge in [0.2, 0.25) is 5.91 Å². The first kappa shape index (κ1) is 19.6. The molecular weight excluding hydrogens is 361 g/mol. The second-order valence-electron chi connectivity index (χ2n) is 5.89. The predicted octanol–water partition coefficient (Wildman–Crippen LogP) is 1.76. The standard InChI is InChI=1S/C17H18FN3O4S/c1-3-9(2)13(16(24)25)19-8-12-14(22)20-17(26)21(15(12)23)11-6-4-10(18)5-7-11/h4-9,12-13H,3H2,1-2H3,(H,24,25)(H,20,22,26)/t9-,12?,13-/m0/s1. The van der Waals surface area contributed by atoms with E-state index in [9.17, 15) is 23.9 Å². The molecule has 1 aliphatic heterocycles. The minimum absolute atomic E-state index is 0.132. The van der Waals surface area contributed by atoms with Crippen molar-refractivity contribution in [3.8, 4) is 0 Å². The number of carbonyl (C=O) groups is 3. The highest BCUT2D eigenvalue weighted by atomic mass is 32.1. The summed E-state index contributed by atoms with van der Waals surface area (Å²) in [5.41, 5.74) is 0.288. The number of hydrogen-bond acceptors (Lipinski definition) is 5. The van der Waals surface area contributed by atoms with Crippen LogP contribution >= 0.6 is 12.2 Å². The summed E-state index contributed by atoms with van der Waals surface area (Å²) in [4.78, 5) is 41.2. The van der Waals surface area contributed by atoms with Crippen LogP contribution in [0.2, 0.25) is 0 Å². The van der Waals surface area contributed by atoms with E-state index in [1.54, 1.807) is 6.92 Å². The lowest BCUT2D eigenvalue weighted by molar-refractivity contribution is -0.140. The van der Waals surface area contributed by atoms with E-state index in [2.05, 4.69) is 10.3 Å². The molecule has 0 saturated carbocycles. The zero-order valence-corrected chi connectivity index (χ0v) is 15.0. The summed E-state index contributed by atoms with van der Waals surface area (Å²) < 4.78 is 13.1. The third-order valence-corrected chi connectivity index (χ3v) is 4.40. The molecule has 2 amide bonds. The third-order valence-electron chi connectivity index (χ3n) is 4.12. The number of anilines is 1. The van der Waals surface area contributed by atoms with Gasteiger partial charge in [-0.15, -0.1) is 0 Å². The number of nitrogens with one attached hydrogen (secondary N) is 1. The van der Waals surface area contributed by atoms with Gasteiger partial charge < -0.3 is 10.4 Å². The Hall–Kier alpha value is -2.68. The highest BCUT2D eigenvalue weighted by Crippen LogP contribution is 2.21. The number of thiocarbonyl (C=S) groups is 1. The van der Waals surface area contributed by atoms with Crippen molar-refractivity contribution < 1.29 is 23.9 Å². The Morgan fingerprint density at radius 2 is 2.04 bits per heavy atom. The van der Waals surface area contributed by atoms with Gasteiger partial charge >= 0.3 is 5.97 Å². The van der Waals surface area contributed by atoms with Crippen molar-refractivity contribution in [2.24, 2.45) is 16.8 Å². The van der Waals surface area contributed by atoms with Gasteiger partial charge in [-0.1, -0.05) is 20.3 Å². The number of rotatable bonds is 6. The van der Waals surface area contributed by atoms with E-state index >= 15 is 0 Å². The van der Waals surface area contributed by atoms with E-state index in [-0.39, 0.29) is 16.7 Å². The fourth-order valence-electron chi connectivity index (χ4n) is 2.41. The first-order chi connectivity index (χ1) is 12.3. The topological polar surface area (TPSA) is 99.1 Å². The molecule has 1 heterocycles. The number of carboxylic acid groups (broad SMARTS) is 1. The number of carbonyl (C=O) groups excluding carboxylic acids is 2. The number of hydrogen-bond donors (Lipinski definition) is 2. The number of halogens is 1. The molecule has 1 aliphatic rings. The van der Waals surface area contributed by atoms with Crippen molar-refractivity contribution in [3.63, 3.8) is 0 Å². The van der Waals surface area contributed by atoms with Crippen LogP contribution in [-0.2, 0) is 14.4 Å². The lowest BCUT2D eigenvalue weighted by Crippen LogP contribution is -2.58. The molecule has 0 aliphatic carbocycles. The fraction of sp³-hybridized carbons (Fsp3) is 0.353. The maximum atomic E-state index is 13.1. The van der Waals surface area contributed by atoms with Crippen LogP contribution in [0.4, 0.5) is 10.1 Å². The summed E-state index contributed by atoms with van der Waals surface area (Å²) in [7, 11) is 0. The van der Waals surface area contributed by atoms with Gasteiger partial charge in [0, 0.05) is 6.21 Å². The summed E-state index contributed by atoms with van der Waals surface area (Å²) in [5.74, 6) is -4.57. The van der Waals surface area contributed by atoms with Crippen LogP contribution in [-0.4, -0.2) is 40.3 Å². The Labute approximate surface area is 154 Å². The van der Waals surface area contributed by atoms with E-state index in [0.717, 1.165) is 23.2 Å². The Morgan fingerprint density at radius 3 is 2.58 bits per heavy atom. The summed E-state index contributed by atoms with van der Waals surface area (Å²) in [5, 5.41) is 11.5. The van der Waals surface area contributed by atoms with Crippen molar-refractivity contribution in [2.75, 3.05) is 4.90 Å². The van der Waals surface area contributed by atoms with Crippen LogP contribution in [0.15, 0.2) is 29.3 Å². The van der Waals surface area contributed by atoms with Crippen LogP contribution in [0, 0.1) is 17.7 Å². The summed E-state index contributed by atoms with van der Waals surface area (Å²) in [6.45, 7) is 3.54. The average molecular weight is 379 g/mol. The average Bonchev–Trinajstić information content (AvgIpc) is 2.58. The SMILES string of the molecule is CC[C@H](C)[C@H](N=CC1C(=O)NC(=S)N(c2ccc(F)cc2)C1=O)C(=O)O. The molecule has 2 N–H and O–H groups in total. The van der Waals surface area contributed by atoms with Crippen molar-refractivity contribution in [3.05, 3.63) is 30.1 Å². The summed E-state index contributed by atoms with van der Waals surface area (Å²) in [6.07, 6.45) is 1.62. The van der Waals surface area contributed by atoms with E-state index in [1.165, 1.54) is 12.1 Å². The normalized spacial score (nSPS) is 20.2. The van der Waals surface area contributed by atoms with E-state index in [4.69, 9.17) is 12.2 Å². The Kier molecular flexibility index (Phi) is 6.14. The van der Waals surface area contributed by atoms with Crippen LogP contribution in [0.1, 0.15) is 20.3 Å². The van der Waals surface area contributed by atoms with Gasteiger partial charge in [-0.05, 0) is 42.4 Å². The second kappa shape index (κ2) is 8.13. The van der Waals surface area contributed by atoms with Gasteiger partial charge in [-0.2, -0.15) is 0 Å². The quantitative estimate of drug-likeness (QED) is 0.446. The van der Waals surface area contributed by atoms with E-state index < -0.39 is 35.6 Å². The van der Waals surface area contributed by atoms with Gasteiger partial charge in [0.15, 0.2) is 11.0 Å². The van der Waals surface area contributed by atoms with Gasteiger partial charge in [-0.25, -0.2) is 9.18 Å². The first-order valence-corrected chi connectivity index (χ1v) is 8.37. The monoisotopic (exact) mass is 379 g/mol. The van der Waals surface area contributed by atoms with Crippen LogP contribution in [0.3, 0.4) is 0 Å². The molecule has 3 atom stereocenters. The first-order valence-electron chi connectivity index (χ1n) is 7.96. The number of amides is 2. The molecule has 1 aromatic carbocycles. The maximum absolute atomic E-state index is 13.1. The molecule has 0 aromatic heterocycles. The molecule has 9 heteroatoms. The molecule has 0 radical (unpaired) electrons. The van der Waals surface area contributed by atoms with Gasteiger partial charge in [-0.3, -0.25) is 19.5 Å². The minimum atomic E-state index is -1.32. The molecule has 138 valence electrons.